The van der Waals surface area contributed by atoms with E-state index in [0.29, 0.717) is 17.8 Å². The number of benzene rings is 1. The Hall–Kier alpha value is -2.34. The molecule has 2 atom stereocenters. The van der Waals surface area contributed by atoms with E-state index in [0.717, 1.165) is 49.4 Å². The van der Waals surface area contributed by atoms with Crippen LogP contribution in [0.3, 0.4) is 0 Å². The van der Waals surface area contributed by atoms with Gasteiger partial charge in [-0.15, -0.1) is 0 Å². The summed E-state index contributed by atoms with van der Waals surface area (Å²) in [6.45, 7) is 0.677. The maximum Gasteiger partial charge on any atom is 0.268 e. The van der Waals surface area contributed by atoms with E-state index in [1.807, 2.05) is 24.3 Å². The van der Waals surface area contributed by atoms with Crippen LogP contribution in [0.25, 0.3) is 10.9 Å². The summed E-state index contributed by atoms with van der Waals surface area (Å²) in [4.78, 5) is 25.2. The third kappa shape index (κ3) is 2.57. The first-order valence-electron chi connectivity index (χ1n) is 10.1. The van der Waals surface area contributed by atoms with E-state index in [4.69, 9.17) is 5.73 Å². The van der Waals surface area contributed by atoms with Crippen molar-refractivity contribution in [1.29, 1.82) is 0 Å². The fourth-order valence-corrected chi connectivity index (χ4v) is 5.01. The standard InChI is InChI=1S/C21H26N4O2/c22-15-4-1-2-5-16(15)24-19(26)14-7-6-13-10-18-20(27)23-12-21(8-3-9-21)25(18)17(13)11-14/h6-7,10-11,15-16H,1-5,8-9,12,22H2,(H,23,27)(H,24,26)/t15-,16+/m0/s1. The third-order valence-electron chi connectivity index (χ3n) is 6.77. The van der Waals surface area contributed by atoms with Gasteiger partial charge in [-0.25, -0.2) is 0 Å². The Morgan fingerprint density at radius 2 is 2.00 bits per heavy atom. The summed E-state index contributed by atoms with van der Waals surface area (Å²) in [6, 6.07) is 7.78. The van der Waals surface area contributed by atoms with Crippen LogP contribution in [-0.2, 0) is 5.54 Å². The molecule has 4 N–H and O–H groups in total. The van der Waals surface area contributed by atoms with Gasteiger partial charge < -0.3 is 20.9 Å². The summed E-state index contributed by atoms with van der Waals surface area (Å²) in [5.74, 6) is -0.0966. The van der Waals surface area contributed by atoms with Gasteiger partial charge in [0.25, 0.3) is 11.8 Å². The van der Waals surface area contributed by atoms with Crippen molar-refractivity contribution in [1.82, 2.24) is 15.2 Å². The van der Waals surface area contributed by atoms with E-state index in [1.54, 1.807) is 0 Å². The smallest absolute Gasteiger partial charge is 0.268 e. The van der Waals surface area contributed by atoms with Crippen LogP contribution in [0.5, 0.6) is 0 Å². The number of hydrogen-bond acceptors (Lipinski definition) is 3. The lowest BCUT2D eigenvalue weighted by Crippen LogP contribution is -2.55. The number of fused-ring (bicyclic) bond motifs is 4. The first kappa shape index (κ1) is 16.8. The zero-order valence-corrected chi connectivity index (χ0v) is 15.5. The lowest BCUT2D eigenvalue weighted by molar-refractivity contribution is 0.0763. The number of nitrogens with two attached hydrogens (primary N) is 1. The highest BCUT2D eigenvalue weighted by Crippen LogP contribution is 2.44. The first-order chi connectivity index (χ1) is 13.1. The van der Waals surface area contributed by atoms with Crippen molar-refractivity contribution < 1.29 is 9.59 Å². The predicted octanol–water partition coefficient (Wildman–Crippen LogP) is 2.26. The Bertz CT molecular complexity index is 928. The molecule has 6 nitrogen and oxygen atoms in total. The Kier molecular flexibility index (Phi) is 3.79. The fraction of sp³-hybridized carbons (Fsp3) is 0.524. The molecule has 142 valence electrons. The lowest BCUT2D eigenvalue weighted by Gasteiger charge is -2.47. The van der Waals surface area contributed by atoms with Crippen molar-refractivity contribution in [3.8, 4) is 0 Å². The molecule has 2 amide bonds. The molecule has 27 heavy (non-hydrogen) atoms. The molecule has 0 saturated heterocycles. The molecule has 5 rings (SSSR count). The van der Waals surface area contributed by atoms with Gasteiger partial charge in [0.1, 0.15) is 5.69 Å². The molecular weight excluding hydrogens is 340 g/mol. The average Bonchev–Trinajstić information content (AvgIpc) is 3.03. The van der Waals surface area contributed by atoms with Crippen molar-refractivity contribution >= 4 is 22.7 Å². The van der Waals surface area contributed by atoms with E-state index >= 15 is 0 Å². The van der Waals surface area contributed by atoms with Gasteiger partial charge in [0.05, 0.1) is 11.1 Å². The second-order valence-corrected chi connectivity index (χ2v) is 8.43. The number of rotatable bonds is 2. The van der Waals surface area contributed by atoms with Gasteiger partial charge in [0, 0.05) is 29.6 Å². The Labute approximate surface area is 158 Å². The van der Waals surface area contributed by atoms with Crippen molar-refractivity contribution in [2.45, 2.75) is 62.6 Å². The largest absolute Gasteiger partial charge is 0.348 e. The molecule has 0 radical (unpaired) electrons. The number of nitrogens with one attached hydrogen (secondary N) is 2. The number of carbonyl (C=O) groups is 2. The summed E-state index contributed by atoms with van der Waals surface area (Å²) in [5, 5.41) is 7.18. The van der Waals surface area contributed by atoms with Crippen LogP contribution in [0, 0.1) is 0 Å². The molecule has 2 aliphatic carbocycles. The molecule has 2 heterocycles. The maximum atomic E-state index is 12.8. The zero-order valence-electron chi connectivity index (χ0n) is 15.5. The minimum atomic E-state index is -0.0716. The minimum Gasteiger partial charge on any atom is -0.348 e. The van der Waals surface area contributed by atoms with Crippen LogP contribution in [0.15, 0.2) is 24.3 Å². The molecular formula is C21H26N4O2. The van der Waals surface area contributed by atoms with Gasteiger partial charge in [-0.1, -0.05) is 18.9 Å². The van der Waals surface area contributed by atoms with Crippen LogP contribution in [-0.4, -0.2) is 35.0 Å². The number of amides is 2. The first-order valence-corrected chi connectivity index (χ1v) is 10.1. The van der Waals surface area contributed by atoms with Crippen LogP contribution < -0.4 is 16.4 Å². The van der Waals surface area contributed by atoms with Crippen LogP contribution in [0.2, 0.25) is 0 Å². The third-order valence-corrected chi connectivity index (χ3v) is 6.77. The van der Waals surface area contributed by atoms with Gasteiger partial charge in [-0.3, -0.25) is 9.59 Å². The summed E-state index contributed by atoms with van der Waals surface area (Å²) in [7, 11) is 0. The van der Waals surface area contributed by atoms with Crippen molar-refractivity contribution in [3.05, 3.63) is 35.5 Å². The minimum absolute atomic E-state index is 0.0220. The van der Waals surface area contributed by atoms with Crippen molar-refractivity contribution in [3.63, 3.8) is 0 Å². The zero-order chi connectivity index (χ0) is 18.6. The monoisotopic (exact) mass is 366 g/mol. The highest BCUT2D eigenvalue weighted by molar-refractivity contribution is 6.03. The number of hydrogen-bond donors (Lipinski definition) is 3. The highest BCUT2D eigenvalue weighted by atomic mass is 16.2. The normalized spacial score (nSPS) is 26.3. The van der Waals surface area contributed by atoms with Crippen LogP contribution in [0.1, 0.15) is 65.8 Å². The second kappa shape index (κ2) is 6.09. The molecule has 1 aliphatic heterocycles. The molecule has 2 aromatic rings. The van der Waals surface area contributed by atoms with E-state index in [1.165, 1.54) is 6.42 Å². The van der Waals surface area contributed by atoms with Gasteiger partial charge >= 0.3 is 0 Å². The van der Waals surface area contributed by atoms with Crippen molar-refractivity contribution in [2.24, 2.45) is 5.73 Å². The van der Waals surface area contributed by atoms with E-state index < -0.39 is 0 Å². The summed E-state index contributed by atoms with van der Waals surface area (Å²) >= 11 is 0. The number of nitrogens with zero attached hydrogens (tertiary/aromatic N) is 1. The van der Waals surface area contributed by atoms with E-state index in [2.05, 4.69) is 15.2 Å². The summed E-state index contributed by atoms with van der Waals surface area (Å²) < 4.78 is 2.19. The molecule has 1 aromatic carbocycles. The Morgan fingerprint density at radius 3 is 2.74 bits per heavy atom. The molecule has 6 heteroatoms. The second-order valence-electron chi connectivity index (χ2n) is 8.43. The SMILES string of the molecule is N[C@H]1CCCC[C@H]1NC(=O)c1ccc2cc3n(c2c1)C1(CCC1)CNC3=O. The van der Waals surface area contributed by atoms with Crippen LogP contribution >= 0.6 is 0 Å². The maximum absolute atomic E-state index is 12.8. The molecule has 1 spiro atoms. The fourth-order valence-electron chi connectivity index (χ4n) is 5.01. The quantitative estimate of drug-likeness (QED) is 0.762. The summed E-state index contributed by atoms with van der Waals surface area (Å²) in [6.07, 6.45) is 7.47. The van der Waals surface area contributed by atoms with Gasteiger partial charge in [0.2, 0.25) is 0 Å². The topological polar surface area (TPSA) is 89.2 Å². The van der Waals surface area contributed by atoms with Crippen LogP contribution in [0.4, 0.5) is 0 Å². The molecule has 2 saturated carbocycles. The Morgan fingerprint density at radius 1 is 1.19 bits per heavy atom. The highest BCUT2D eigenvalue weighted by Gasteiger charge is 2.44. The van der Waals surface area contributed by atoms with Crippen molar-refractivity contribution in [2.75, 3.05) is 6.54 Å². The lowest BCUT2D eigenvalue weighted by atomic mass is 9.75. The summed E-state index contributed by atoms with van der Waals surface area (Å²) in [5.41, 5.74) is 8.50. The molecule has 1 aromatic heterocycles. The molecule has 2 fully saturated rings. The Balaban J connectivity index is 1.51. The van der Waals surface area contributed by atoms with Gasteiger partial charge in [0.15, 0.2) is 0 Å². The number of carbonyl (C=O) groups excluding carboxylic acids is 2. The molecule has 3 aliphatic rings. The molecule has 0 bridgehead atoms. The average molecular weight is 366 g/mol. The van der Waals surface area contributed by atoms with E-state index in [-0.39, 0.29) is 29.4 Å². The van der Waals surface area contributed by atoms with E-state index in [9.17, 15) is 9.59 Å². The predicted molar refractivity (Wildman–Crippen MR) is 104 cm³/mol. The molecule has 0 unspecified atom stereocenters. The van der Waals surface area contributed by atoms with Gasteiger partial charge in [-0.05, 0) is 50.3 Å². The number of aromatic nitrogens is 1. The van der Waals surface area contributed by atoms with Gasteiger partial charge in [-0.2, -0.15) is 0 Å².